The summed E-state index contributed by atoms with van der Waals surface area (Å²) in [5, 5.41) is 8.56. The number of alkyl halides is 3. The van der Waals surface area contributed by atoms with Gasteiger partial charge in [0.2, 0.25) is 11.7 Å². The molecule has 5 aromatic rings. The lowest BCUT2D eigenvalue weighted by molar-refractivity contribution is -0.145. The molecule has 36 heavy (non-hydrogen) atoms. The molecule has 0 saturated carbocycles. The van der Waals surface area contributed by atoms with Crippen LogP contribution in [0.25, 0.3) is 27.8 Å². The van der Waals surface area contributed by atoms with Crippen LogP contribution in [0.1, 0.15) is 24.5 Å². The van der Waals surface area contributed by atoms with Crippen LogP contribution in [-0.2, 0) is 6.18 Å². The number of hydrogen-bond acceptors (Lipinski definition) is 8. The second kappa shape index (κ2) is 8.55. The molecule has 0 saturated heterocycles. The van der Waals surface area contributed by atoms with Gasteiger partial charge in [0, 0.05) is 18.0 Å². The van der Waals surface area contributed by atoms with E-state index in [2.05, 4.69) is 30.2 Å². The number of nitrogen functional groups attached to an aromatic ring is 1. The van der Waals surface area contributed by atoms with E-state index in [1.807, 2.05) is 0 Å². The van der Waals surface area contributed by atoms with E-state index in [1.165, 1.54) is 24.2 Å². The summed E-state index contributed by atoms with van der Waals surface area (Å²) in [5.41, 5.74) is 7.73. The van der Waals surface area contributed by atoms with Gasteiger partial charge in [-0.1, -0.05) is 17.3 Å². The molecule has 0 bridgehead atoms. The molecule has 0 aliphatic carbocycles. The summed E-state index contributed by atoms with van der Waals surface area (Å²) in [7, 11) is 1.20. The van der Waals surface area contributed by atoms with Crippen LogP contribution in [0.2, 0.25) is 0 Å². The number of rotatable bonds is 5. The number of anilines is 1. The van der Waals surface area contributed by atoms with Crippen molar-refractivity contribution in [1.82, 2.24) is 39.5 Å². The third-order valence-electron chi connectivity index (χ3n) is 5.59. The second-order valence-electron chi connectivity index (χ2n) is 7.74. The van der Waals surface area contributed by atoms with Gasteiger partial charge in [0.25, 0.3) is 0 Å². The third kappa shape index (κ3) is 3.85. The van der Waals surface area contributed by atoms with Crippen LogP contribution in [0.4, 0.5) is 23.4 Å². The molecule has 1 unspecified atom stereocenters. The zero-order chi connectivity index (χ0) is 25.6. The van der Waals surface area contributed by atoms with E-state index < -0.39 is 23.9 Å². The summed E-state index contributed by atoms with van der Waals surface area (Å²) in [6.07, 6.45) is 0.721. The largest absolute Gasteiger partial charge is 0.480 e. The molecule has 0 radical (unpaired) electrons. The van der Waals surface area contributed by atoms with Gasteiger partial charge >= 0.3 is 6.18 Å². The van der Waals surface area contributed by atoms with Crippen molar-refractivity contribution in [3.8, 4) is 22.7 Å². The number of methoxy groups -OCH3 is 1. The third-order valence-corrected chi connectivity index (χ3v) is 5.59. The Labute approximate surface area is 200 Å². The van der Waals surface area contributed by atoms with Gasteiger partial charge in [-0.3, -0.25) is 0 Å². The molecule has 184 valence electrons. The molecule has 4 heterocycles. The predicted octanol–water partition coefficient (Wildman–Crippen LogP) is 3.83. The van der Waals surface area contributed by atoms with Gasteiger partial charge in [0.15, 0.2) is 0 Å². The Morgan fingerprint density at radius 2 is 1.83 bits per heavy atom. The molecular weight excluding hydrogens is 482 g/mol. The van der Waals surface area contributed by atoms with Gasteiger partial charge in [0.1, 0.15) is 35.0 Å². The first-order valence-electron chi connectivity index (χ1n) is 10.5. The molecule has 14 heteroatoms. The van der Waals surface area contributed by atoms with Crippen LogP contribution in [0.15, 0.2) is 49.2 Å². The van der Waals surface area contributed by atoms with Crippen LogP contribution >= 0.6 is 0 Å². The molecule has 0 aliphatic heterocycles. The number of hydrogen-bond donors (Lipinski definition) is 1. The highest BCUT2D eigenvalue weighted by atomic mass is 19.4. The average Bonchev–Trinajstić information content (AvgIpc) is 3.49. The van der Waals surface area contributed by atoms with Crippen molar-refractivity contribution in [2.45, 2.75) is 19.1 Å². The molecule has 1 aromatic carbocycles. The van der Waals surface area contributed by atoms with Crippen LogP contribution in [0.3, 0.4) is 0 Å². The van der Waals surface area contributed by atoms with Crippen LogP contribution in [-0.4, -0.2) is 46.6 Å². The predicted molar refractivity (Wildman–Crippen MR) is 120 cm³/mol. The maximum atomic E-state index is 14.2. The van der Waals surface area contributed by atoms with Crippen molar-refractivity contribution in [2.75, 3.05) is 12.8 Å². The van der Waals surface area contributed by atoms with Crippen molar-refractivity contribution in [2.24, 2.45) is 0 Å². The fraction of sp³-hybridized carbons (Fsp3) is 0.182. The number of para-hydroxylation sites is 1. The minimum Gasteiger partial charge on any atom is -0.480 e. The standard InChI is InChI=1S/C22H17F4N9O/c1-11(15-9-35(33-32-15)16-6-4-3-5-14(16)23)34-8-13(17-18(27)29-10-30-19(17)34)12-7-28-21(22(24,25)26)31-20(12)36-2/h3-11H,1-2H3,(H2,27,29,30). The maximum Gasteiger partial charge on any atom is 0.451 e. The highest BCUT2D eigenvalue weighted by Gasteiger charge is 2.36. The fourth-order valence-electron chi connectivity index (χ4n) is 3.82. The van der Waals surface area contributed by atoms with E-state index in [0.29, 0.717) is 22.3 Å². The highest BCUT2D eigenvalue weighted by molar-refractivity contribution is 6.01. The van der Waals surface area contributed by atoms with Crippen molar-refractivity contribution >= 4 is 16.9 Å². The molecule has 4 aromatic heterocycles. The topological polar surface area (TPSA) is 122 Å². The van der Waals surface area contributed by atoms with Crippen molar-refractivity contribution < 1.29 is 22.3 Å². The molecular formula is C22H17F4N9O. The Hall–Kier alpha value is -4.62. The zero-order valence-electron chi connectivity index (χ0n) is 18.8. The van der Waals surface area contributed by atoms with Crippen molar-refractivity contribution in [1.29, 1.82) is 0 Å². The normalized spacial score (nSPS) is 12.7. The van der Waals surface area contributed by atoms with E-state index >= 15 is 0 Å². The minimum atomic E-state index is -4.75. The second-order valence-corrected chi connectivity index (χ2v) is 7.74. The number of fused-ring (bicyclic) bond motifs is 1. The minimum absolute atomic E-state index is 0.0953. The van der Waals surface area contributed by atoms with Crippen molar-refractivity contribution in [3.63, 3.8) is 0 Å². The summed E-state index contributed by atoms with van der Waals surface area (Å²) in [5.74, 6) is -2.00. The Morgan fingerprint density at radius 1 is 1.06 bits per heavy atom. The molecule has 0 amide bonds. The molecule has 0 fully saturated rings. The van der Waals surface area contributed by atoms with Crippen molar-refractivity contribution in [3.05, 3.63) is 66.5 Å². The number of nitrogens with zero attached hydrogens (tertiary/aromatic N) is 8. The van der Waals surface area contributed by atoms with E-state index in [-0.39, 0.29) is 22.9 Å². The summed E-state index contributed by atoms with van der Waals surface area (Å²) < 4.78 is 61.8. The maximum absolute atomic E-state index is 14.2. The van der Waals surface area contributed by atoms with Gasteiger partial charge in [-0.2, -0.15) is 18.2 Å². The van der Waals surface area contributed by atoms with E-state index in [4.69, 9.17) is 10.5 Å². The highest BCUT2D eigenvalue weighted by Crippen LogP contribution is 2.39. The van der Waals surface area contributed by atoms with Gasteiger partial charge in [0.05, 0.1) is 30.3 Å². The summed E-state index contributed by atoms with van der Waals surface area (Å²) >= 11 is 0. The van der Waals surface area contributed by atoms with Gasteiger partial charge in [-0.05, 0) is 19.1 Å². The Balaban J connectivity index is 1.64. The van der Waals surface area contributed by atoms with E-state index in [1.54, 1.807) is 42.1 Å². The SMILES string of the molecule is COc1nc(C(F)(F)F)ncc1-c1cn(C(C)c2cn(-c3ccccc3F)nn2)c2ncnc(N)c12. The number of benzene rings is 1. The lowest BCUT2D eigenvalue weighted by atomic mass is 10.1. The van der Waals surface area contributed by atoms with E-state index in [0.717, 1.165) is 6.20 Å². The fourth-order valence-corrected chi connectivity index (χ4v) is 3.82. The number of aromatic nitrogens is 8. The molecule has 2 N–H and O–H groups in total. The lowest BCUT2D eigenvalue weighted by Gasteiger charge is -2.11. The Bertz CT molecular complexity index is 1580. The van der Waals surface area contributed by atoms with Gasteiger partial charge < -0.3 is 15.0 Å². The first-order valence-corrected chi connectivity index (χ1v) is 10.5. The molecule has 0 aliphatic rings. The number of ether oxygens (including phenoxy) is 1. The quantitative estimate of drug-likeness (QED) is 0.362. The molecule has 5 rings (SSSR count). The van der Waals surface area contributed by atoms with Gasteiger partial charge in [-0.15, -0.1) is 5.10 Å². The first kappa shape index (κ1) is 23.1. The molecule has 1 atom stereocenters. The van der Waals surface area contributed by atoms with Crippen LogP contribution in [0, 0.1) is 5.82 Å². The number of nitrogens with two attached hydrogens (primary N) is 1. The Morgan fingerprint density at radius 3 is 2.56 bits per heavy atom. The van der Waals surface area contributed by atoms with Crippen LogP contribution < -0.4 is 10.5 Å². The van der Waals surface area contributed by atoms with Crippen LogP contribution in [0.5, 0.6) is 5.88 Å². The zero-order valence-corrected chi connectivity index (χ0v) is 18.8. The smallest absolute Gasteiger partial charge is 0.451 e. The van der Waals surface area contributed by atoms with Gasteiger partial charge in [-0.25, -0.2) is 24.0 Å². The molecule has 0 spiro atoms. The monoisotopic (exact) mass is 499 g/mol. The first-order chi connectivity index (χ1) is 17.2. The van der Waals surface area contributed by atoms with E-state index in [9.17, 15) is 17.6 Å². The Kier molecular flexibility index (Phi) is 5.50. The number of halogens is 4. The summed E-state index contributed by atoms with van der Waals surface area (Å²) in [6.45, 7) is 1.80. The summed E-state index contributed by atoms with van der Waals surface area (Å²) in [4.78, 5) is 15.3. The lowest BCUT2D eigenvalue weighted by Crippen LogP contribution is -2.12. The average molecular weight is 499 g/mol. The summed E-state index contributed by atoms with van der Waals surface area (Å²) in [6, 6.07) is 5.62. The molecule has 10 nitrogen and oxygen atoms in total.